The van der Waals surface area contributed by atoms with Crippen molar-refractivity contribution in [2.24, 2.45) is 0 Å². The summed E-state index contributed by atoms with van der Waals surface area (Å²) in [4.78, 5) is 26.9. The maximum Gasteiger partial charge on any atom is 0.273 e. The van der Waals surface area contributed by atoms with Crippen LogP contribution in [0.5, 0.6) is 0 Å². The van der Waals surface area contributed by atoms with Crippen LogP contribution in [-0.4, -0.2) is 57.3 Å². The number of nitrogens with zero attached hydrogens (tertiary/aromatic N) is 5. The maximum absolute atomic E-state index is 12.3. The molecule has 3 heterocycles. The number of fused-ring (bicyclic) bond motifs is 1. The van der Waals surface area contributed by atoms with E-state index in [4.69, 9.17) is 4.74 Å². The summed E-state index contributed by atoms with van der Waals surface area (Å²) in [6.45, 7) is 6.47. The fourth-order valence-electron chi connectivity index (χ4n) is 2.40. The van der Waals surface area contributed by atoms with Crippen molar-refractivity contribution in [3.63, 3.8) is 0 Å². The molecule has 0 aliphatic carbocycles. The highest BCUT2D eigenvalue weighted by molar-refractivity contribution is 5.68. The molecular weight excluding hydrogens is 258 g/mol. The monoisotopic (exact) mass is 275 g/mol. The van der Waals surface area contributed by atoms with Gasteiger partial charge in [-0.05, 0) is 6.92 Å². The lowest BCUT2D eigenvalue weighted by atomic mass is 10.3. The van der Waals surface area contributed by atoms with E-state index in [9.17, 15) is 4.79 Å². The van der Waals surface area contributed by atoms with Crippen LogP contribution in [0.15, 0.2) is 17.3 Å². The van der Waals surface area contributed by atoms with Crippen LogP contribution in [0.1, 0.15) is 5.69 Å². The third-order valence-electron chi connectivity index (χ3n) is 3.51. The Labute approximate surface area is 116 Å². The molecule has 0 unspecified atom stereocenters. The van der Waals surface area contributed by atoms with Gasteiger partial charge in [0.2, 0.25) is 0 Å². The highest BCUT2D eigenvalue weighted by Gasteiger charge is 2.13. The van der Waals surface area contributed by atoms with E-state index < -0.39 is 0 Å². The van der Waals surface area contributed by atoms with Gasteiger partial charge in [0.25, 0.3) is 5.56 Å². The minimum atomic E-state index is -0.0792. The quantitative estimate of drug-likeness (QED) is 0.774. The molecule has 2 aromatic heterocycles. The largest absolute Gasteiger partial charge is 0.379 e. The van der Waals surface area contributed by atoms with Gasteiger partial charge in [0, 0.05) is 26.2 Å². The number of hydrogen-bond acceptors (Lipinski definition) is 6. The highest BCUT2D eigenvalue weighted by atomic mass is 16.5. The van der Waals surface area contributed by atoms with E-state index in [0.717, 1.165) is 32.8 Å². The second-order valence-electron chi connectivity index (χ2n) is 4.84. The van der Waals surface area contributed by atoms with Crippen molar-refractivity contribution in [2.75, 3.05) is 32.8 Å². The molecule has 7 nitrogen and oxygen atoms in total. The predicted octanol–water partition coefficient (Wildman–Crippen LogP) is -0.173. The smallest absolute Gasteiger partial charge is 0.273 e. The fraction of sp³-hybridized carbons (Fsp3) is 0.538. The van der Waals surface area contributed by atoms with Gasteiger partial charge in [0.1, 0.15) is 17.5 Å². The number of rotatable bonds is 3. The van der Waals surface area contributed by atoms with Crippen molar-refractivity contribution in [3.8, 4) is 0 Å². The van der Waals surface area contributed by atoms with Crippen LogP contribution in [0.4, 0.5) is 0 Å². The zero-order valence-corrected chi connectivity index (χ0v) is 11.4. The summed E-state index contributed by atoms with van der Waals surface area (Å²) >= 11 is 0. The molecule has 7 heteroatoms. The third kappa shape index (κ3) is 2.54. The predicted molar refractivity (Wildman–Crippen MR) is 73.6 cm³/mol. The third-order valence-corrected chi connectivity index (χ3v) is 3.51. The van der Waals surface area contributed by atoms with Gasteiger partial charge in [-0.25, -0.2) is 15.0 Å². The van der Waals surface area contributed by atoms with Crippen LogP contribution >= 0.6 is 0 Å². The Bertz CT molecular complexity index is 663. The molecule has 0 atom stereocenters. The van der Waals surface area contributed by atoms with E-state index >= 15 is 0 Å². The first-order valence-electron chi connectivity index (χ1n) is 6.73. The van der Waals surface area contributed by atoms with Gasteiger partial charge >= 0.3 is 0 Å². The number of aryl methyl sites for hydroxylation is 1. The summed E-state index contributed by atoms with van der Waals surface area (Å²) in [5, 5.41) is 0. The van der Waals surface area contributed by atoms with E-state index in [1.807, 2.05) is 0 Å². The molecule has 0 aromatic carbocycles. The average Bonchev–Trinajstić information content (AvgIpc) is 2.49. The number of ether oxygens (including phenoxy) is 1. The van der Waals surface area contributed by atoms with Gasteiger partial charge in [0.05, 0.1) is 19.4 Å². The van der Waals surface area contributed by atoms with Gasteiger partial charge in [0.15, 0.2) is 5.65 Å². The van der Waals surface area contributed by atoms with Gasteiger partial charge in [-0.2, -0.15) is 0 Å². The lowest BCUT2D eigenvalue weighted by molar-refractivity contribution is 0.0364. The minimum absolute atomic E-state index is 0.0792. The van der Waals surface area contributed by atoms with E-state index in [1.165, 1.54) is 6.33 Å². The molecule has 0 radical (unpaired) electrons. The summed E-state index contributed by atoms with van der Waals surface area (Å²) in [6.07, 6.45) is 3.09. The first kappa shape index (κ1) is 13.1. The molecule has 0 bridgehead atoms. The van der Waals surface area contributed by atoms with Crippen LogP contribution < -0.4 is 5.56 Å². The molecule has 106 valence electrons. The molecule has 0 amide bonds. The van der Waals surface area contributed by atoms with Crippen LogP contribution in [0.3, 0.4) is 0 Å². The molecule has 0 spiro atoms. The van der Waals surface area contributed by atoms with Gasteiger partial charge in [-0.15, -0.1) is 0 Å². The Kier molecular flexibility index (Phi) is 3.70. The first-order valence-corrected chi connectivity index (χ1v) is 6.73. The zero-order valence-electron chi connectivity index (χ0n) is 11.4. The second kappa shape index (κ2) is 5.64. The Hall–Kier alpha value is -1.86. The van der Waals surface area contributed by atoms with E-state index in [1.54, 1.807) is 17.7 Å². The average molecular weight is 275 g/mol. The van der Waals surface area contributed by atoms with E-state index in [-0.39, 0.29) is 5.56 Å². The minimum Gasteiger partial charge on any atom is -0.379 e. The first-order chi connectivity index (χ1) is 9.75. The summed E-state index contributed by atoms with van der Waals surface area (Å²) < 4.78 is 7.01. The topological polar surface area (TPSA) is 73.1 Å². The molecule has 1 saturated heterocycles. The van der Waals surface area contributed by atoms with Crippen molar-refractivity contribution < 1.29 is 4.74 Å². The van der Waals surface area contributed by atoms with Crippen molar-refractivity contribution in [1.29, 1.82) is 0 Å². The molecular formula is C13H17N5O2. The van der Waals surface area contributed by atoms with Crippen LogP contribution in [-0.2, 0) is 11.3 Å². The lowest BCUT2D eigenvalue weighted by Gasteiger charge is -2.26. The zero-order chi connectivity index (χ0) is 13.9. The molecule has 3 rings (SSSR count). The molecule has 2 aromatic rings. The lowest BCUT2D eigenvalue weighted by Crippen LogP contribution is -2.39. The molecule has 1 fully saturated rings. The summed E-state index contributed by atoms with van der Waals surface area (Å²) in [6, 6.07) is 0. The Morgan fingerprint density at radius 2 is 2.10 bits per heavy atom. The highest BCUT2D eigenvalue weighted by Crippen LogP contribution is 2.05. The normalized spacial score (nSPS) is 16.6. The van der Waals surface area contributed by atoms with Crippen molar-refractivity contribution >= 4 is 11.2 Å². The van der Waals surface area contributed by atoms with Crippen LogP contribution in [0.25, 0.3) is 11.2 Å². The molecule has 1 aliphatic heterocycles. The van der Waals surface area contributed by atoms with Crippen LogP contribution in [0.2, 0.25) is 0 Å². The van der Waals surface area contributed by atoms with Crippen LogP contribution in [0, 0.1) is 6.92 Å². The van der Waals surface area contributed by atoms with Gasteiger partial charge < -0.3 is 4.74 Å². The summed E-state index contributed by atoms with van der Waals surface area (Å²) in [5.74, 6) is 0. The number of hydrogen-bond donors (Lipinski definition) is 0. The number of morpholine rings is 1. The van der Waals surface area contributed by atoms with E-state index in [0.29, 0.717) is 23.4 Å². The summed E-state index contributed by atoms with van der Waals surface area (Å²) in [7, 11) is 0. The van der Waals surface area contributed by atoms with Gasteiger partial charge in [-0.1, -0.05) is 0 Å². The van der Waals surface area contributed by atoms with Crippen molar-refractivity contribution in [3.05, 3.63) is 28.6 Å². The van der Waals surface area contributed by atoms with Gasteiger partial charge in [-0.3, -0.25) is 14.3 Å². The number of aromatic nitrogens is 4. The fourth-order valence-corrected chi connectivity index (χ4v) is 2.40. The van der Waals surface area contributed by atoms with E-state index in [2.05, 4.69) is 19.9 Å². The maximum atomic E-state index is 12.3. The molecule has 1 aliphatic rings. The second-order valence-corrected chi connectivity index (χ2v) is 4.84. The summed E-state index contributed by atoms with van der Waals surface area (Å²) in [5.41, 5.74) is 1.66. The SMILES string of the molecule is Cc1nc2cncnc2n(CCN2CCOCC2)c1=O. The molecule has 0 saturated carbocycles. The van der Waals surface area contributed by atoms with Crippen molar-refractivity contribution in [2.45, 2.75) is 13.5 Å². The molecule has 20 heavy (non-hydrogen) atoms. The Morgan fingerprint density at radius 1 is 1.30 bits per heavy atom. The van der Waals surface area contributed by atoms with Crippen molar-refractivity contribution in [1.82, 2.24) is 24.4 Å². The molecule has 0 N–H and O–H groups in total. The Morgan fingerprint density at radius 3 is 2.90 bits per heavy atom. The standard InChI is InChI=1S/C13H17N5O2/c1-10-13(19)18(3-2-17-4-6-20-7-5-17)12-11(16-10)8-14-9-15-12/h8-9H,2-7H2,1H3. The Balaban J connectivity index is 1.89.